The summed E-state index contributed by atoms with van der Waals surface area (Å²) in [5, 5.41) is 3.51. The molecule has 1 aromatic rings. The standard InChI is InChI=1S/C16H25BrN2S/c1-4-5-6-10-16(2,3)11-19-13-9-7-8-12(17)14(13)15(18)20/h7-9,19H,4-6,10-11H2,1-3H3,(H2,18,20). The van der Waals surface area contributed by atoms with E-state index in [1.165, 1.54) is 25.7 Å². The Bertz CT molecular complexity index is 458. The van der Waals surface area contributed by atoms with Crippen molar-refractivity contribution >= 4 is 38.8 Å². The Morgan fingerprint density at radius 2 is 2.05 bits per heavy atom. The summed E-state index contributed by atoms with van der Waals surface area (Å²) in [4.78, 5) is 0.420. The molecule has 0 unspecified atom stereocenters. The molecule has 0 amide bonds. The van der Waals surface area contributed by atoms with E-state index in [1.54, 1.807) is 0 Å². The predicted octanol–water partition coefficient (Wildman–Crippen LogP) is 5.10. The average Bonchev–Trinajstić information content (AvgIpc) is 2.36. The highest BCUT2D eigenvalue weighted by Crippen LogP contribution is 2.28. The zero-order valence-corrected chi connectivity index (χ0v) is 15.0. The van der Waals surface area contributed by atoms with Gasteiger partial charge < -0.3 is 11.1 Å². The lowest BCUT2D eigenvalue weighted by molar-refractivity contribution is 0.342. The van der Waals surface area contributed by atoms with Crippen molar-refractivity contribution in [3.05, 3.63) is 28.2 Å². The van der Waals surface area contributed by atoms with E-state index >= 15 is 0 Å². The van der Waals surface area contributed by atoms with Crippen LogP contribution in [0.5, 0.6) is 0 Å². The van der Waals surface area contributed by atoms with Crippen molar-refractivity contribution in [2.45, 2.75) is 46.5 Å². The first-order chi connectivity index (χ1) is 9.37. The van der Waals surface area contributed by atoms with Crippen LogP contribution in [0, 0.1) is 5.41 Å². The van der Waals surface area contributed by atoms with Gasteiger partial charge in [0.15, 0.2) is 0 Å². The molecular formula is C16H25BrN2S. The lowest BCUT2D eigenvalue weighted by Crippen LogP contribution is -2.24. The van der Waals surface area contributed by atoms with Gasteiger partial charge in [-0.25, -0.2) is 0 Å². The number of nitrogens with two attached hydrogens (primary N) is 1. The van der Waals surface area contributed by atoms with Gasteiger partial charge in [-0.3, -0.25) is 0 Å². The second-order valence-corrected chi connectivity index (χ2v) is 7.30. The maximum atomic E-state index is 5.81. The second kappa shape index (κ2) is 7.99. The van der Waals surface area contributed by atoms with Gasteiger partial charge in [-0.2, -0.15) is 0 Å². The second-order valence-electron chi connectivity index (χ2n) is 6.00. The van der Waals surface area contributed by atoms with E-state index in [4.69, 9.17) is 18.0 Å². The number of rotatable bonds is 8. The molecule has 4 heteroatoms. The minimum atomic E-state index is 0.269. The van der Waals surface area contributed by atoms with E-state index in [1.807, 2.05) is 18.2 Å². The lowest BCUT2D eigenvalue weighted by atomic mass is 9.86. The van der Waals surface area contributed by atoms with Gasteiger partial charge in [-0.15, -0.1) is 0 Å². The number of thiocarbonyl (C=S) groups is 1. The molecular weight excluding hydrogens is 332 g/mol. The molecule has 2 nitrogen and oxygen atoms in total. The number of unbranched alkanes of at least 4 members (excludes halogenated alkanes) is 2. The van der Waals surface area contributed by atoms with E-state index in [2.05, 4.69) is 42.0 Å². The summed E-state index contributed by atoms with van der Waals surface area (Å²) in [5.74, 6) is 0. The van der Waals surface area contributed by atoms with Gasteiger partial charge in [0, 0.05) is 22.3 Å². The molecule has 0 spiro atoms. The van der Waals surface area contributed by atoms with Gasteiger partial charge in [0.05, 0.1) is 0 Å². The highest BCUT2D eigenvalue weighted by Gasteiger charge is 2.18. The van der Waals surface area contributed by atoms with Crippen LogP contribution in [0.3, 0.4) is 0 Å². The van der Waals surface area contributed by atoms with Crippen LogP contribution in [0.25, 0.3) is 0 Å². The Labute approximate surface area is 136 Å². The third-order valence-corrected chi connectivity index (χ3v) is 4.34. The molecule has 0 saturated carbocycles. The first-order valence-corrected chi connectivity index (χ1v) is 8.39. The average molecular weight is 357 g/mol. The molecule has 0 aliphatic carbocycles. The van der Waals surface area contributed by atoms with Gasteiger partial charge in [0.25, 0.3) is 0 Å². The smallest absolute Gasteiger partial charge is 0.107 e. The largest absolute Gasteiger partial charge is 0.389 e. The molecule has 0 fully saturated rings. The van der Waals surface area contributed by atoms with Crippen LogP contribution >= 0.6 is 28.1 Å². The van der Waals surface area contributed by atoms with E-state index in [0.29, 0.717) is 4.99 Å². The summed E-state index contributed by atoms with van der Waals surface area (Å²) in [7, 11) is 0. The summed E-state index contributed by atoms with van der Waals surface area (Å²) in [6.45, 7) is 7.76. The molecule has 112 valence electrons. The summed E-state index contributed by atoms with van der Waals surface area (Å²) in [6.07, 6.45) is 5.08. The predicted molar refractivity (Wildman–Crippen MR) is 96.4 cm³/mol. The van der Waals surface area contributed by atoms with Crippen LogP contribution in [-0.2, 0) is 0 Å². The van der Waals surface area contributed by atoms with Crippen LogP contribution in [0.1, 0.15) is 52.0 Å². The highest BCUT2D eigenvalue weighted by atomic mass is 79.9. The quantitative estimate of drug-likeness (QED) is 0.502. The fourth-order valence-corrected chi connectivity index (χ4v) is 3.13. The van der Waals surface area contributed by atoms with E-state index < -0.39 is 0 Å². The Morgan fingerprint density at radius 3 is 2.65 bits per heavy atom. The van der Waals surface area contributed by atoms with E-state index in [9.17, 15) is 0 Å². The maximum absolute atomic E-state index is 5.81. The van der Waals surface area contributed by atoms with Crippen LogP contribution in [-0.4, -0.2) is 11.5 Å². The highest BCUT2D eigenvalue weighted by molar-refractivity contribution is 9.10. The van der Waals surface area contributed by atoms with Gasteiger partial charge in [0.2, 0.25) is 0 Å². The number of anilines is 1. The van der Waals surface area contributed by atoms with Crippen molar-refractivity contribution in [2.24, 2.45) is 11.1 Å². The number of halogens is 1. The fraction of sp³-hybridized carbons (Fsp3) is 0.562. The lowest BCUT2D eigenvalue weighted by Gasteiger charge is -2.26. The summed E-state index contributed by atoms with van der Waals surface area (Å²) in [6, 6.07) is 5.99. The molecule has 0 radical (unpaired) electrons. The minimum absolute atomic E-state index is 0.269. The molecule has 0 saturated heterocycles. The molecule has 0 atom stereocenters. The van der Waals surface area contributed by atoms with Crippen LogP contribution in [0.15, 0.2) is 22.7 Å². The van der Waals surface area contributed by atoms with Gasteiger partial charge >= 0.3 is 0 Å². The number of hydrogen-bond donors (Lipinski definition) is 2. The summed E-state index contributed by atoms with van der Waals surface area (Å²) in [5.41, 5.74) is 7.99. The number of benzene rings is 1. The third kappa shape index (κ3) is 5.41. The Kier molecular flexibility index (Phi) is 6.96. The van der Waals surface area contributed by atoms with Crippen molar-refractivity contribution < 1.29 is 0 Å². The van der Waals surface area contributed by atoms with Crippen molar-refractivity contribution in [2.75, 3.05) is 11.9 Å². The van der Waals surface area contributed by atoms with Crippen LogP contribution < -0.4 is 11.1 Å². The van der Waals surface area contributed by atoms with E-state index in [-0.39, 0.29) is 5.41 Å². The SMILES string of the molecule is CCCCCC(C)(C)CNc1cccc(Br)c1C(N)=S. The van der Waals surface area contributed by atoms with Gasteiger partial charge in [-0.05, 0) is 39.9 Å². The third-order valence-electron chi connectivity index (χ3n) is 3.47. The van der Waals surface area contributed by atoms with Gasteiger partial charge in [-0.1, -0.05) is 58.3 Å². The molecule has 1 aromatic carbocycles. The zero-order valence-electron chi connectivity index (χ0n) is 12.6. The molecule has 1 rings (SSSR count). The first kappa shape index (κ1) is 17.4. The van der Waals surface area contributed by atoms with E-state index in [0.717, 1.165) is 22.3 Å². The molecule has 20 heavy (non-hydrogen) atoms. The zero-order chi connectivity index (χ0) is 15.2. The van der Waals surface area contributed by atoms with Crippen molar-refractivity contribution in [1.82, 2.24) is 0 Å². The first-order valence-electron chi connectivity index (χ1n) is 7.19. The molecule has 0 heterocycles. The van der Waals surface area contributed by atoms with Crippen molar-refractivity contribution in [3.63, 3.8) is 0 Å². The normalized spacial score (nSPS) is 11.4. The molecule has 0 bridgehead atoms. The maximum Gasteiger partial charge on any atom is 0.107 e. The fourth-order valence-electron chi connectivity index (χ4n) is 2.20. The molecule has 0 aliphatic rings. The monoisotopic (exact) mass is 356 g/mol. The number of nitrogens with one attached hydrogen (secondary N) is 1. The van der Waals surface area contributed by atoms with Crippen molar-refractivity contribution in [1.29, 1.82) is 0 Å². The topological polar surface area (TPSA) is 38.0 Å². The molecule has 3 N–H and O–H groups in total. The Morgan fingerprint density at radius 1 is 1.35 bits per heavy atom. The molecule has 0 aromatic heterocycles. The number of hydrogen-bond acceptors (Lipinski definition) is 2. The van der Waals surface area contributed by atoms with Crippen molar-refractivity contribution in [3.8, 4) is 0 Å². The molecule has 0 aliphatic heterocycles. The Hall–Kier alpha value is -0.610. The van der Waals surface area contributed by atoms with Crippen LogP contribution in [0.4, 0.5) is 5.69 Å². The van der Waals surface area contributed by atoms with Crippen LogP contribution in [0.2, 0.25) is 0 Å². The summed E-state index contributed by atoms with van der Waals surface area (Å²) < 4.78 is 0.943. The Balaban J connectivity index is 2.70. The summed E-state index contributed by atoms with van der Waals surface area (Å²) >= 11 is 8.65. The minimum Gasteiger partial charge on any atom is -0.389 e. The van der Waals surface area contributed by atoms with Gasteiger partial charge in [0.1, 0.15) is 4.99 Å².